The van der Waals surface area contributed by atoms with Gasteiger partial charge in [-0.05, 0) is 42.7 Å². The van der Waals surface area contributed by atoms with Gasteiger partial charge in [-0.2, -0.15) is 0 Å². The first-order valence-electron chi connectivity index (χ1n) is 6.56. The smallest absolute Gasteiger partial charge is 0.149 e. The highest BCUT2D eigenvalue weighted by Gasteiger charge is 2.12. The SMILES string of the molecule is CCC(N)Cc1cccc(Cl)c1Oc1cccc(Cl)c1. The van der Waals surface area contributed by atoms with Crippen molar-refractivity contribution >= 4 is 23.2 Å². The Hall–Kier alpha value is -1.22. The van der Waals surface area contributed by atoms with Crippen molar-refractivity contribution in [2.24, 2.45) is 5.73 Å². The van der Waals surface area contributed by atoms with E-state index in [1.54, 1.807) is 12.1 Å². The van der Waals surface area contributed by atoms with E-state index < -0.39 is 0 Å². The molecule has 2 aromatic carbocycles. The van der Waals surface area contributed by atoms with E-state index >= 15 is 0 Å². The number of hydrogen-bond donors (Lipinski definition) is 1. The lowest BCUT2D eigenvalue weighted by Crippen LogP contribution is -2.21. The van der Waals surface area contributed by atoms with Gasteiger partial charge in [0.1, 0.15) is 11.5 Å². The summed E-state index contributed by atoms with van der Waals surface area (Å²) in [5, 5.41) is 1.20. The molecule has 0 saturated heterocycles. The number of ether oxygens (including phenoxy) is 1. The lowest BCUT2D eigenvalue weighted by atomic mass is 10.0. The van der Waals surface area contributed by atoms with Crippen LogP contribution in [0.3, 0.4) is 0 Å². The van der Waals surface area contributed by atoms with Crippen molar-refractivity contribution in [1.82, 2.24) is 0 Å². The molecule has 0 aliphatic heterocycles. The molecule has 0 radical (unpaired) electrons. The highest BCUT2D eigenvalue weighted by molar-refractivity contribution is 6.32. The summed E-state index contributed by atoms with van der Waals surface area (Å²) in [4.78, 5) is 0. The Morgan fingerprint density at radius 2 is 1.90 bits per heavy atom. The summed E-state index contributed by atoms with van der Waals surface area (Å²) in [6, 6.07) is 13.0. The molecular weight excluding hydrogens is 293 g/mol. The van der Waals surface area contributed by atoms with Gasteiger partial charge in [-0.1, -0.05) is 48.3 Å². The third-order valence-corrected chi connectivity index (χ3v) is 3.60. The molecule has 0 heterocycles. The van der Waals surface area contributed by atoms with Crippen LogP contribution in [-0.4, -0.2) is 6.04 Å². The first kappa shape index (κ1) is 15.2. The molecule has 0 fully saturated rings. The fourth-order valence-electron chi connectivity index (χ4n) is 1.90. The predicted molar refractivity (Wildman–Crippen MR) is 84.9 cm³/mol. The Balaban J connectivity index is 2.30. The zero-order valence-electron chi connectivity index (χ0n) is 11.3. The number of rotatable bonds is 5. The van der Waals surface area contributed by atoms with Crippen LogP contribution in [0.25, 0.3) is 0 Å². The second-order valence-corrected chi connectivity index (χ2v) is 5.50. The van der Waals surface area contributed by atoms with E-state index in [-0.39, 0.29) is 6.04 Å². The van der Waals surface area contributed by atoms with Crippen LogP contribution < -0.4 is 10.5 Å². The Morgan fingerprint density at radius 1 is 1.15 bits per heavy atom. The summed E-state index contributed by atoms with van der Waals surface area (Å²) < 4.78 is 5.89. The molecule has 0 amide bonds. The molecule has 0 spiro atoms. The standard InChI is InChI=1S/C16H17Cl2NO/c1-2-13(19)9-11-5-3-8-15(18)16(11)20-14-7-4-6-12(17)10-14/h3-8,10,13H,2,9,19H2,1H3. The van der Waals surface area contributed by atoms with Crippen LogP contribution in [0.5, 0.6) is 11.5 Å². The van der Waals surface area contributed by atoms with E-state index in [0.29, 0.717) is 21.5 Å². The van der Waals surface area contributed by atoms with Gasteiger partial charge in [-0.25, -0.2) is 0 Å². The summed E-state index contributed by atoms with van der Waals surface area (Å²) >= 11 is 12.2. The Kier molecular flexibility index (Phi) is 5.30. The fourth-order valence-corrected chi connectivity index (χ4v) is 2.32. The number of halogens is 2. The van der Waals surface area contributed by atoms with Crippen molar-refractivity contribution in [1.29, 1.82) is 0 Å². The lowest BCUT2D eigenvalue weighted by molar-refractivity contribution is 0.472. The Morgan fingerprint density at radius 3 is 2.60 bits per heavy atom. The van der Waals surface area contributed by atoms with E-state index in [1.165, 1.54) is 0 Å². The highest BCUT2D eigenvalue weighted by Crippen LogP contribution is 2.34. The quantitative estimate of drug-likeness (QED) is 0.837. The third kappa shape index (κ3) is 3.89. The number of hydrogen-bond acceptors (Lipinski definition) is 2. The van der Waals surface area contributed by atoms with Gasteiger partial charge < -0.3 is 10.5 Å². The minimum Gasteiger partial charge on any atom is -0.455 e. The molecule has 106 valence electrons. The molecule has 0 aromatic heterocycles. The van der Waals surface area contributed by atoms with Crippen molar-refractivity contribution in [2.75, 3.05) is 0 Å². The van der Waals surface area contributed by atoms with Crippen molar-refractivity contribution in [3.8, 4) is 11.5 Å². The first-order valence-corrected chi connectivity index (χ1v) is 7.32. The molecule has 0 aliphatic carbocycles. The normalized spacial score (nSPS) is 12.2. The monoisotopic (exact) mass is 309 g/mol. The van der Waals surface area contributed by atoms with Crippen LogP contribution in [0.15, 0.2) is 42.5 Å². The minimum atomic E-state index is 0.0928. The van der Waals surface area contributed by atoms with E-state index in [1.807, 2.05) is 30.3 Å². The number of para-hydroxylation sites is 1. The molecule has 0 aliphatic rings. The van der Waals surface area contributed by atoms with E-state index in [4.69, 9.17) is 33.7 Å². The summed E-state index contributed by atoms with van der Waals surface area (Å²) in [6.07, 6.45) is 1.63. The topological polar surface area (TPSA) is 35.2 Å². The zero-order valence-corrected chi connectivity index (χ0v) is 12.8. The van der Waals surface area contributed by atoms with Gasteiger partial charge in [0.05, 0.1) is 5.02 Å². The molecule has 1 atom stereocenters. The number of nitrogens with two attached hydrogens (primary N) is 1. The second-order valence-electron chi connectivity index (χ2n) is 4.66. The van der Waals surface area contributed by atoms with Crippen molar-refractivity contribution in [3.05, 3.63) is 58.1 Å². The number of benzene rings is 2. The fraction of sp³-hybridized carbons (Fsp3) is 0.250. The molecule has 2 aromatic rings. The van der Waals surface area contributed by atoms with Crippen molar-refractivity contribution in [3.63, 3.8) is 0 Å². The minimum absolute atomic E-state index is 0.0928. The predicted octanol–water partition coefficient (Wildman–Crippen LogP) is 5.07. The van der Waals surface area contributed by atoms with Crippen LogP contribution in [0.2, 0.25) is 10.0 Å². The van der Waals surface area contributed by atoms with E-state index in [9.17, 15) is 0 Å². The lowest BCUT2D eigenvalue weighted by Gasteiger charge is -2.15. The summed E-state index contributed by atoms with van der Waals surface area (Å²) in [5.74, 6) is 1.32. The first-order chi connectivity index (χ1) is 9.60. The molecular formula is C16H17Cl2NO. The van der Waals surface area contributed by atoms with E-state index in [0.717, 1.165) is 18.4 Å². The van der Waals surface area contributed by atoms with Gasteiger partial charge in [0, 0.05) is 11.1 Å². The molecule has 2 N–H and O–H groups in total. The molecule has 20 heavy (non-hydrogen) atoms. The molecule has 0 saturated carbocycles. The van der Waals surface area contributed by atoms with Crippen LogP contribution in [0, 0.1) is 0 Å². The molecule has 0 bridgehead atoms. The highest BCUT2D eigenvalue weighted by atomic mass is 35.5. The van der Waals surface area contributed by atoms with Gasteiger partial charge >= 0.3 is 0 Å². The van der Waals surface area contributed by atoms with Gasteiger partial charge in [-0.3, -0.25) is 0 Å². The molecule has 2 nitrogen and oxygen atoms in total. The zero-order chi connectivity index (χ0) is 14.5. The second kappa shape index (κ2) is 6.98. The summed E-state index contributed by atoms with van der Waals surface area (Å²) in [6.45, 7) is 2.06. The Bertz CT molecular complexity index is 586. The summed E-state index contributed by atoms with van der Waals surface area (Å²) in [7, 11) is 0. The van der Waals surface area contributed by atoms with Crippen LogP contribution in [-0.2, 0) is 6.42 Å². The van der Waals surface area contributed by atoms with Crippen molar-refractivity contribution < 1.29 is 4.74 Å². The largest absolute Gasteiger partial charge is 0.455 e. The molecule has 1 unspecified atom stereocenters. The van der Waals surface area contributed by atoms with Crippen molar-refractivity contribution in [2.45, 2.75) is 25.8 Å². The maximum Gasteiger partial charge on any atom is 0.149 e. The van der Waals surface area contributed by atoms with Crippen LogP contribution in [0.1, 0.15) is 18.9 Å². The van der Waals surface area contributed by atoms with Gasteiger partial charge in [0.2, 0.25) is 0 Å². The van der Waals surface area contributed by atoms with Gasteiger partial charge in [-0.15, -0.1) is 0 Å². The molecule has 2 rings (SSSR count). The molecule has 4 heteroatoms. The van der Waals surface area contributed by atoms with Crippen LogP contribution in [0.4, 0.5) is 0 Å². The average Bonchev–Trinajstić information content (AvgIpc) is 2.42. The maximum absolute atomic E-state index is 6.25. The van der Waals surface area contributed by atoms with E-state index in [2.05, 4.69) is 6.92 Å². The Labute approximate surface area is 129 Å². The maximum atomic E-state index is 6.25. The summed E-state index contributed by atoms with van der Waals surface area (Å²) in [5.41, 5.74) is 7.03. The van der Waals surface area contributed by atoms with Gasteiger partial charge in [0.25, 0.3) is 0 Å². The third-order valence-electron chi connectivity index (χ3n) is 3.07. The van der Waals surface area contributed by atoms with Crippen LogP contribution >= 0.6 is 23.2 Å². The average molecular weight is 310 g/mol. The van der Waals surface area contributed by atoms with Gasteiger partial charge in [0.15, 0.2) is 0 Å².